The van der Waals surface area contributed by atoms with E-state index in [2.05, 4.69) is 20.7 Å². The van der Waals surface area contributed by atoms with E-state index in [1.54, 1.807) is 13.0 Å². The average molecular weight is 365 g/mol. The lowest BCUT2D eigenvalue weighted by Gasteiger charge is -2.09. The summed E-state index contributed by atoms with van der Waals surface area (Å²) in [5.74, 6) is -0.339. The number of carbonyl (C=O) groups excluding carboxylic acids is 1. The predicted molar refractivity (Wildman–Crippen MR) is 79.6 cm³/mol. The van der Waals surface area contributed by atoms with Gasteiger partial charge in [0.25, 0.3) is 0 Å². The second-order valence-corrected chi connectivity index (χ2v) is 6.64. The molecule has 0 atom stereocenters. The smallest absolute Gasteiger partial charge is 0.305 e. The van der Waals surface area contributed by atoms with Gasteiger partial charge in [0, 0.05) is 17.4 Å². The van der Waals surface area contributed by atoms with Gasteiger partial charge in [0.05, 0.1) is 12.3 Å². The third kappa shape index (κ3) is 5.10. The minimum Gasteiger partial charge on any atom is -0.466 e. The van der Waals surface area contributed by atoms with Gasteiger partial charge < -0.3 is 10.5 Å². The fraction of sp³-hybridized carbons (Fsp3) is 0.417. The zero-order valence-corrected chi connectivity index (χ0v) is 13.5. The summed E-state index contributed by atoms with van der Waals surface area (Å²) in [6.07, 6.45) is 0.538. The van der Waals surface area contributed by atoms with Gasteiger partial charge in [-0.2, -0.15) is 0 Å². The summed E-state index contributed by atoms with van der Waals surface area (Å²) in [6.45, 7) is 2.18. The van der Waals surface area contributed by atoms with Crippen LogP contribution in [-0.2, 0) is 19.6 Å². The number of esters is 1. The lowest BCUT2D eigenvalue weighted by Crippen LogP contribution is -2.26. The van der Waals surface area contributed by atoms with Crippen LogP contribution in [0.15, 0.2) is 27.6 Å². The highest BCUT2D eigenvalue weighted by atomic mass is 79.9. The van der Waals surface area contributed by atoms with Gasteiger partial charge in [-0.1, -0.05) is 15.9 Å². The molecule has 0 amide bonds. The van der Waals surface area contributed by atoms with E-state index in [0.29, 0.717) is 17.5 Å². The average Bonchev–Trinajstić information content (AvgIpc) is 2.38. The molecule has 0 heterocycles. The Balaban J connectivity index is 2.58. The van der Waals surface area contributed by atoms with Crippen LogP contribution in [0.2, 0.25) is 0 Å². The number of anilines is 1. The molecule has 0 unspecified atom stereocenters. The lowest BCUT2D eigenvalue weighted by molar-refractivity contribution is -0.143. The van der Waals surface area contributed by atoms with Crippen LogP contribution in [0, 0.1) is 0 Å². The third-order valence-electron chi connectivity index (χ3n) is 2.42. The van der Waals surface area contributed by atoms with Crippen LogP contribution >= 0.6 is 15.9 Å². The molecule has 112 valence electrons. The normalized spacial score (nSPS) is 11.3. The van der Waals surface area contributed by atoms with Gasteiger partial charge in [0.15, 0.2) is 0 Å². The summed E-state index contributed by atoms with van der Waals surface area (Å²) in [4.78, 5) is 11.1. The van der Waals surface area contributed by atoms with E-state index in [1.807, 2.05) is 0 Å². The molecule has 1 aromatic rings. The van der Waals surface area contributed by atoms with Crippen LogP contribution < -0.4 is 10.5 Å². The molecule has 0 saturated heterocycles. The number of nitrogens with one attached hydrogen (secondary N) is 1. The van der Waals surface area contributed by atoms with Crippen molar-refractivity contribution >= 4 is 37.6 Å². The summed E-state index contributed by atoms with van der Waals surface area (Å²) in [5.41, 5.74) is 5.83. The van der Waals surface area contributed by atoms with E-state index < -0.39 is 10.0 Å². The van der Waals surface area contributed by atoms with Crippen molar-refractivity contribution in [3.8, 4) is 0 Å². The highest BCUT2D eigenvalue weighted by molar-refractivity contribution is 9.10. The number of rotatable bonds is 7. The summed E-state index contributed by atoms with van der Waals surface area (Å²) in [6, 6.07) is 4.61. The molecule has 0 aromatic heterocycles. The quantitative estimate of drug-likeness (QED) is 0.435. The molecule has 3 N–H and O–H groups in total. The van der Waals surface area contributed by atoms with Gasteiger partial charge in [-0.15, -0.1) is 0 Å². The van der Waals surface area contributed by atoms with Crippen LogP contribution in [0.4, 0.5) is 5.69 Å². The van der Waals surface area contributed by atoms with Gasteiger partial charge in [-0.05, 0) is 31.5 Å². The summed E-state index contributed by atoms with van der Waals surface area (Å²) >= 11 is 3.20. The second-order valence-electron chi connectivity index (χ2n) is 3.99. The first-order valence-electron chi connectivity index (χ1n) is 6.07. The molecule has 8 heteroatoms. The van der Waals surface area contributed by atoms with E-state index in [0.717, 1.165) is 0 Å². The standard InChI is InChI=1S/C12H17BrN2O4S/c1-2-19-12(16)4-3-7-15-20(17,18)11-8-9(13)5-6-10(11)14/h5-6,8,15H,2-4,7,14H2,1H3. The van der Waals surface area contributed by atoms with Crippen LogP contribution in [-0.4, -0.2) is 27.5 Å². The van der Waals surface area contributed by atoms with Crippen molar-refractivity contribution in [1.82, 2.24) is 4.72 Å². The van der Waals surface area contributed by atoms with Crippen molar-refractivity contribution in [2.75, 3.05) is 18.9 Å². The predicted octanol–water partition coefficient (Wildman–Crippen LogP) is 1.65. The van der Waals surface area contributed by atoms with E-state index in [-0.39, 0.29) is 29.5 Å². The zero-order valence-electron chi connectivity index (χ0n) is 11.1. The van der Waals surface area contributed by atoms with Crippen LogP contribution in [0.1, 0.15) is 19.8 Å². The first-order valence-corrected chi connectivity index (χ1v) is 8.34. The number of benzene rings is 1. The Bertz CT molecular complexity index is 575. The van der Waals surface area contributed by atoms with Gasteiger partial charge in [0.1, 0.15) is 4.90 Å². The maximum Gasteiger partial charge on any atom is 0.305 e. The van der Waals surface area contributed by atoms with Gasteiger partial charge in [-0.25, -0.2) is 13.1 Å². The monoisotopic (exact) mass is 364 g/mol. The first-order chi connectivity index (χ1) is 9.36. The largest absolute Gasteiger partial charge is 0.466 e. The Morgan fingerprint density at radius 3 is 2.80 bits per heavy atom. The van der Waals surface area contributed by atoms with E-state index in [1.165, 1.54) is 12.1 Å². The van der Waals surface area contributed by atoms with E-state index >= 15 is 0 Å². The van der Waals surface area contributed by atoms with E-state index in [9.17, 15) is 13.2 Å². The van der Waals surface area contributed by atoms with Crippen molar-refractivity contribution in [2.45, 2.75) is 24.7 Å². The number of halogens is 1. The molecule has 1 aromatic carbocycles. The number of hydrogen-bond acceptors (Lipinski definition) is 5. The first kappa shape index (κ1) is 16.9. The highest BCUT2D eigenvalue weighted by Crippen LogP contribution is 2.22. The number of nitrogens with two attached hydrogens (primary N) is 1. The Morgan fingerprint density at radius 1 is 1.45 bits per heavy atom. The minimum atomic E-state index is -3.68. The molecular weight excluding hydrogens is 348 g/mol. The molecule has 20 heavy (non-hydrogen) atoms. The highest BCUT2D eigenvalue weighted by Gasteiger charge is 2.17. The number of nitrogen functional groups attached to an aromatic ring is 1. The van der Waals surface area contributed by atoms with E-state index in [4.69, 9.17) is 10.5 Å². The second kappa shape index (κ2) is 7.61. The molecule has 0 aliphatic heterocycles. The van der Waals surface area contributed by atoms with Crippen LogP contribution in [0.3, 0.4) is 0 Å². The molecule has 0 aliphatic carbocycles. The summed E-state index contributed by atoms with van der Waals surface area (Å²) in [7, 11) is -3.68. The van der Waals surface area contributed by atoms with Crippen molar-refractivity contribution in [2.24, 2.45) is 0 Å². The molecule has 6 nitrogen and oxygen atoms in total. The number of carbonyl (C=O) groups is 1. The Morgan fingerprint density at radius 2 is 2.15 bits per heavy atom. The Hall–Kier alpha value is -1.12. The van der Waals surface area contributed by atoms with Crippen LogP contribution in [0.25, 0.3) is 0 Å². The maximum absolute atomic E-state index is 12.0. The molecule has 0 fully saturated rings. The number of hydrogen-bond donors (Lipinski definition) is 2. The molecule has 0 radical (unpaired) electrons. The van der Waals surface area contributed by atoms with Crippen molar-refractivity contribution in [3.63, 3.8) is 0 Å². The Labute approximate surface area is 126 Å². The zero-order chi connectivity index (χ0) is 15.2. The topological polar surface area (TPSA) is 98.5 Å². The number of sulfonamides is 1. The summed E-state index contributed by atoms with van der Waals surface area (Å²) < 4.78 is 31.9. The SMILES string of the molecule is CCOC(=O)CCCNS(=O)(=O)c1cc(Br)ccc1N. The van der Waals surface area contributed by atoms with Gasteiger partial charge >= 0.3 is 5.97 Å². The maximum atomic E-state index is 12.0. The number of ether oxygens (including phenoxy) is 1. The van der Waals surface area contributed by atoms with Crippen molar-refractivity contribution < 1.29 is 17.9 Å². The molecule has 0 saturated carbocycles. The summed E-state index contributed by atoms with van der Waals surface area (Å²) in [5, 5.41) is 0. The molecule has 0 aliphatic rings. The Kier molecular flexibility index (Phi) is 6.44. The fourth-order valence-electron chi connectivity index (χ4n) is 1.49. The van der Waals surface area contributed by atoms with Crippen molar-refractivity contribution in [3.05, 3.63) is 22.7 Å². The molecule has 1 rings (SSSR count). The fourth-order valence-corrected chi connectivity index (χ4v) is 3.23. The van der Waals surface area contributed by atoms with Crippen molar-refractivity contribution in [1.29, 1.82) is 0 Å². The van der Waals surface area contributed by atoms with Gasteiger partial charge in [0.2, 0.25) is 10.0 Å². The third-order valence-corrected chi connectivity index (χ3v) is 4.43. The molecule has 0 bridgehead atoms. The minimum absolute atomic E-state index is 0.0167. The molecular formula is C12H17BrN2O4S. The lowest BCUT2D eigenvalue weighted by atomic mass is 10.3. The van der Waals surface area contributed by atoms with Gasteiger partial charge in [-0.3, -0.25) is 4.79 Å². The molecule has 0 spiro atoms. The van der Waals surface area contributed by atoms with Crippen LogP contribution in [0.5, 0.6) is 0 Å².